The Morgan fingerprint density at radius 2 is 1.81 bits per heavy atom. The topological polar surface area (TPSA) is 75.7 Å². The number of hydrogen-bond donors (Lipinski definition) is 1. The number of sulfonamides is 1. The predicted octanol–water partition coefficient (Wildman–Crippen LogP) is 3.15. The Morgan fingerprint density at radius 3 is 2.37 bits per heavy atom. The van der Waals surface area contributed by atoms with Crippen molar-refractivity contribution in [3.05, 3.63) is 58.6 Å². The van der Waals surface area contributed by atoms with Crippen LogP contribution >= 0.6 is 11.6 Å². The molecule has 2 aromatic rings. The molecule has 0 radical (unpaired) electrons. The minimum atomic E-state index is -3.51. The molecule has 0 aliphatic rings. The smallest absolute Gasteiger partial charge is 0.258 e. The van der Waals surface area contributed by atoms with Gasteiger partial charge in [-0.05, 0) is 55.3 Å². The molecule has 8 heteroatoms. The van der Waals surface area contributed by atoms with E-state index in [0.717, 1.165) is 9.87 Å². The number of hydrogen-bond acceptors (Lipinski definition) is 4. The normalized spacial score (nSPS) is 12.7. The molecule has 0 unspecified atom stereocenters. The highest BCUT2D eigenvalue weighted by molar-refractivity contribution is 7.89. The highest BCUT2D eigenvalue weighted by Gasteiger charge is 2.18. The van der Waals surface area contributed by atoms with E-state index in [-0.39, 0.29) is 23.5 Å². The summed E-state index contributed by atoms with van der Waals surface area (Å²) in [6.45, 7) is 3.43. The van der Waals surface area contributed by atoms with Crippen molar-refractivity contribution in [2.24, 2.45) is 0 Å². The quantitative estimate of drug-likeness (QED) is 0.760. The number of benzene rings is 2. The van der Waals surface area contributed by atoms with E-state index in [9.17, 15) is 13.2 Å². The lowest BCUT2D eigenvalue weighted by Crippen LogP contribution is -2.31. The molecule has 0 heterocycles. The number of nitrogens with one attached hydrogen (secondary N) is 1. The molecule has 0 spiro atoms. The minimum Gasteiger partial charge on any atom is -0.484 e. The highest BCUT2D eigenvalue weighted by Crippen LogP contribution is 2.23. The third kappa shape index (κ3) is 5.45. The van der Waals surface area contributed by atoms with Crippen LogP contribution in [0.15, 0.2) is 47.4 Å². The summed E-state index contributed by atoms with van der Waals surface area (Å²) in [5, 5.41) is 3.48. The van der Waals surface area contributed by atoms with Gasteiger partial charge in [0.2, 0.25) is 10.0 Å². The van der Waals surface area contributed by atoms with Crippen LogP contribution in [0.1, 0.15) is 24.1 Å². The zero-order valence-corrected chi connectivity index (χ0v) is 17.3. The predicted molar refractivity (Wildman–Crippen MR) is 106 cm³/mol. The first-order valence-electron chi connectivity index (χ1n) is 8.32. The Bertz CT molecular complexity index is 912. The fraction of sp³-hybridized carbons (Fsp3) is 0.316. The first-order chi connectivity index (χ1) is 12.6. The summed E-state index contributed by atoms with van der Waals surface area (Å²) in [5.41, 5.74) is 1.57. The maximum absolute atomic E-state index is 12.2. The van der Waals surface area contributed by atoms with Crippen LogP contribution in [0.3, 0.4) is 0 Å². The number of aryl methyl sites for hydroxylation is 1. The number of carbonyl (C=O) groups excluding carboxylic acids is 1. The van der Waals surface area contributed by atoms with Crippen LogP contribution < -0.4 is 10.1 Å². The van der Waals surface area contributed by atoms with Crippen molar-refractivity contribution >= 4 is 27.5 Å². The van der Waals surface area contributed by atoms with Crippen molar-refractivity contribution in [3.8, 4) is 5.75 Å². The lowest BCUT2D eigenvalue weighted by atomic mass is 10.1. The van der Waals surface area contributed by atoms with Gasteiger partial charge in [-0.1, -0.05) is 23.7 Å². The van der Waals surface area contributed by atoms with Crippen LogP contribution in [0.25, 0.3) is 0 Å². The van der Waals surface area contributed by atoms with E-state index in [1.54, 1.807) is 25.1 Å². The number of halogens is 1. The van der Waals surface area contributed by atoms with Crippen molar-refractivity contribution in [2.75, 3.05) is 20.7 Å². The van der Waals surface area contributed by atoms with Crippen molar-refractivity contribution < 1.29 is 17.9 Å². The van der Waals surface area contributed by atoms with Gasteiger partial charge in [0.05, 0.1) is 10.9 Å². The van der Waals surface area contributed by atoms with E-state index in [2.05, 4.69) is 5.32 Å². The fourth-order valence-electron chi connectivity index (χ4n) is 2.42. The van der Waals surface area contributed by atoms with Gasteiger partial charge in [0.1, 0.15) is 5.75 Å². The minimum absolute atomic E-state index is 0.168. The lowest BCUT2D eigenvalue weighted by molar-refractivity contribution is -0.123. The summed E-state index contributed by atoms with van der Waals surface area (Å²) in [6, 6.07) is 11.6. The molecular formula is C19H23ClN2O4S. The molecule has 0 aliphatic heterocycles. The standard InChI is InChI=1S/C19H23ClN2O4S/c1-13-11-17(27(24,25)22(3)4)9-10-18(13)26-12-19(23)21-14(2)15-5-7-16(20)8-6-15/h5-11,14H,12H2,1-4H3,(H,21,23)/t14-/m0/s1. The third-order valence-electron chi connectivity index (χ3n) is 4.03. The average molecular weight is 411 g/mol. The van der Waals surface area contributed by atoms with Crippen LogP contribution in [0.4, 0.5) is 0 Å². The molecule has 0 aliphatic carbocycles. The summed E-state index contributed by atoms with van der Waals surface area (Å²) in [4.78, 5) is 12.3. The van der Waals surface area contributed by atoms with Crippen molar-refractivity contribution in [2.45, 2.75) is 24.8 Å². The second-order valence-corrected chi connectivity index (χ2v) is 8.93. The Hall–Kier alpha value is -2.09. The number of rotatable bonds is 7. The van der Waals surface area contributed by atoms with Gasteiger partial charge in [-0.15, -0.1) is 0 Å². The zero-order valence-electron chi connectivity index (χ0n) is 15.7. The molecule has 0 aromatic heterocycles. The van der Waals surface area contributed by atoms with Crippen LogP contribution in [-0.2, 0) is 14.8 Å². The number of nitrogens with zero attached hydrogens (tertiary/aromatic N) is 1. The molecule has 146 valence electrons. The summed E-state index contributed by atoms with van der Waals surface area (Å²) in [5.74, 6) is 0.184. The molecule has 2 rings (SSSR count). The van der Waals surface area contributed by atoms with Gasteiger partial charge in [0.25, 0.3) is 5.91 Å². The molecule has 0 saturated carbocycles. The maximum Gasteiger partial charge on any atom is 0.258 e. The molecule has 1 atom stereocenters. The first-order valence-corrected chi connectivity index (χ1v) is 10.1. The van der Waals surface area contributed by atoms with Crippen molar-refractivity contribution in [1.82, 2.24) is 9.62 Å². The monoisotopic (exact) mass is 410 g/mol. The van der Waals surface area contributed by atoms with Gasteiger partial charge in [0, 0.05) is 19.1 Å². The largest absolute Gasteiger partial charge is 0.484 e. The van der Waals surface area contributed by atoms with E-state index in [1.807, 2.05) is 19.1 Å². The number of ether oxygens (including phenoxy) is 1. The zero-order chi connectivity index (χ0) is 20.2. The molecule has 0 saturated heterocycles. The number of amides is 1. The molecular weight excluding hydrogens is 388 g/mol. The molecule has 6 nitrogen and oxygen atoms in total. The van der Waals surface area contributed by atoms with Crippen LogP contribution in [0, 0.1) is 6.92 Å². The van der Waals surface area contributed by atoms with Crippen LogP contribution in [-0.4, -0.2) is 39.3 Å². The van der Waals surface area contributed by atoms with Gasteiger partial charge >= 0.3 is 0 Å². The van der Waals surface area contributed by atoms with Gasteiger partial charge in [-0.25, -0.2) is 12.7 Å². The van der Waals surface area contributed by atoms with E-state index < -0.39 is 10.0 Å². The van der Waals surface area contributed by atoms with Gasteiger partial charge in [-0.2, -0.15) is 0 Å². The Kier molecular flexibility index (Phi) is 6.86. The first kappa shape index (κ1) is 21.2. The summed E-state index contributed by atoms with van der Waals surface area (Å²) >= 11 is 5.86. The Labute approximate surface area is 165 Å². The summed E-state index contributed by atoms with van der Waals surface area (Å²) in [7, 11) is -0.561. The van der Waals surface area contributed by atoms with Gasteiger partial charge in [-0.3, -0.25) is 4.79 Å². The second kappa shape index (κ2) is 8.73. The third-order valence-corrected chi connectivity index (χ3v) is 6.09. The highest BCUT2D eigenvalue weighted by atomic mass is 35.5. The van der Waals surface area contributed by atoms with Crippen LogP contribution in [0.2, 0.25) is 5.02 Å². The Balaban J connectivity index is 1.98. The maximum atomic E-state index is 12.2. The molecule has 27 heavy (non-hydrogen) atoms. The average Bonchev–Trinajstić information content (AvgIpc) is 2.60. The van der Waals surface area contributed by atoms with E-state index >= 15 is 0 Å². The fourth-order valence-corrected chi connectivity index (χ4v) is 3.53. The molecule has 1 amide bonds. The van der Waals surface area contributed by atoms with E-state index in [0.29, 0.717) is 16.3 Å². The Morgan fingerprint density at radius 1 is 1.19 bits per heavy atom. The lowest BCUT2D eigenvalue weighted by Gasteiger charge is -2.16. The summed E-state index contributed by atoms with van der Waals surface area (Å²) < 4.78 is 31.0. The van der Waals surface area contributed by atoms with Crippen molar-refractivity contribution in [1.29, 1.82) is 0 Å². The van der Waals surface area contributed by atoms with E-state index in [1.165, 1.54) is 26.2 Å². The molecule has 1 N–H and O–H groups in total. The van der Waals surface area contributed by atoms with Gasteiger partial charge in [0.15, 0.2) is 6.61 Å². The SMILES string of the molecule is Cc1cc(S(=O)(=O)N(C)C)ccc1OCC(=O)N[C@@H](C)c1ccc(Cl)cc1. The van der Waals surface area contributed by atoms with Crippen LogP contribution in [0.5, 0.6) is 5.75 Å². The molecule has 0 bridgehead atoms. The van der Waals surface area contributed by atoms with Crippen molar-refractivity contribution in [3.63, 3.8) is 0 Å². The summed E-state index contributed by atoms with van der Waals surface area (Å²) in [6.07, 6.45) is 0. The van der Waals surface area contributed by atoms with Gasteiger partial charge < -0.3 is 10.1 Å². The molecule has 0 fully saturated rings. The number of carbonyl (C=O) groups is 1. The molecule has 2 aromatic carbocycles. The second-order valence-electron chi connectivity index (χ2n) is 6.34. The van der Waals surface area contributed by atoms with E-state index in [4.69, 9.17) is 16.3 Å².